The largest absolute Gasteiger partial charge is 0.497 e. The first kappa shape index (κ1) is 15.7. The van der Waals surface area contributed by atoms with Gasteiger partial charge in [-0.05, 0) is 23.3 Å². The van der Waals surface area contributed by atoms with Crippen LogP contribution in [-0.4, -0.2) is 29.9 Å². The fourth-order valence-corrected chi connectivity index (χ4v) is 2.62. The molecule has 0 aliphatic heterocycles. The topological polar surface area (TPSA) is 38.3 Å². The summed E-state index contributed by atoms with van der Waals surface area (Å²) >= 11 is 0. The average Bonchev–Trinajstić information content (AvgIpc) is 2.52. The van der Waals surface area contributed by atoms with Crippen LogP contribution < -0.4 is 10.1 Å². The van der Waals surface area contributed by atoms with Crippen molar-refractivity contribution in [1.29, 1.82) is 0 Å². The van der Waals surface area contributed by atoms with Crippen molar-refractivity contribution in [1.82, 2.24) is 5.32 Å². The van der Waals surface area contributed by atoms with E-state index in [-0.39, 0.29) is 6.04 Å². The zero-order chi connectivity index (χ0) is 15.1. The van der Waals surface area contributed by atoms with Gasteiger partial charge in [-0.25, -0.2) is 0 Å². The normalized spacial score (nSPS) is 13.6. The van der Waals surface area contributed by atoms with Crippen LogP contribution >= 0.6 is 0 Å². The highest BCUT2D eigenvalue weighted by Crippen LogP contribution is 2.23. The summed E-state index contributed by atoms with van der Waals surface area (Å²) in [6.45, 7) is 0.717. The predicted molar refractivity (Wildman–Crippen MR) is 88.2 cm³/mol. The highest BCUT2D eigenvalue weighted by molar-refractivity contribution is 7.84. The molecule has 0 saturated heterocycles. The van der Waals surface area contributed by atoms with Gasteiger partial charge < -0.3 is 10.1 Å². The van der Waals surface area contributed by atoms with Crippen LogP contribution in [0.3, 0.4) is 0 Å². The Hall–Kier alpha value is -1.65. The van der Waals surface area contributed by atoms with Gasteiger partial charge in [0.25, 0.3) is 0 Å². The third-order valence-electron chi connectivity index (χ3n) is 3.32. The smallest absolute Gasteiger partial charge is 0.118 e. The summed E-state index contributed by atoms with van der Waals surface area (Å²) in [6.07, 6.45) is 1.73. The van der Waals surface area contributed by atoms with Crippen LogP contribution in [0.5, 0.6) is 5.75 Å². The Balaban J connectivity index is 2.19. The lowest BCUT2D eigenvalue weighted by Gasteiger charge is -2.20. The summed E-state index contributed by atoms with van der Waals surface area (Å²) in [7, 11) is 0.883. The van der Waals surface area contributed by atoms with Crippen molar-refractivity contribution in [3.8, 4) is 5.75 Å². The third-order valence-corrected chi connectivity index (χ3v) is 4.10. The number of hydrogen-bond donors (Lipinski definition) is 1. The Morgan fingerprint density at radius 3 is 2.24 bits per heavy atom. The minimum absolute atomic E-state index is 0.0978. The molecular formula is C17H21NO2S. The zero-order valence-electron chi connectivity index (χ0n) is 12.4. The van der Waals surface area contributed by atoms with Crippen LogP contribution in [0.2, 0.25) is 0 Å². The van der Waals surface area contributed by atoms with Gasteiger partial charge in [0, 0.05) is 29.4 Å². The molecule has 0 saturated carbocycles. The lowest BCUT2D eigenvalue weighted by Crippen LogP contribution is -2.26. The maximum atomic E-state index is 11.2. The lowest BCUT2D eigenvalue weighted by molar-refractivity contribution is 0.414. The predicted octanol–water partition coefficient (Wildman–Crippen LogP) is 2.75. The van der Waals surface area contributed by atoms with Gasteiger partial charge in [0.05, 0.1) is 13.2 Å². The van der Waals surface area contributed by atoms with E-state index in [2.05, 4.69) is 29.6 Å². The van der Waals surface area contributed by atoms with Crippen molar-refractivity contribution in [2.24, 2.45) is 0 Å². The lowest BCUT2D eigenvalue weighted by atomic mass is 9.98. The summed E-state index contributed by atoms with van der Waals surface area (Å²) in [6, 6.07) is 18.4. The number of benzene rings is 2. The minimum atomic E-state index is -0.782. The molecule has 0 radical (unpaired) electrons. The molecule has 0 amide bonds. The fraction of sp³-hybridized carbons (Fsp3) is 0.294. The van der Waals surface area contributed by atoms with Crippen LogP contribution in [-0.2, 0) is 10.8 Å². The van der Waals surface area contributed by atoms with Gasteiger partial charge in [0.1, 0.15) is 5.75 Å². The molecule has 2 unspecified atom stereocenters. The van der Waals surface area contributed by atoms with Gasteiger partial charge in [0.2, 0.25) is 0 Å². The van der Waals surface area contributed by atoms with Gasteiger partial charge >= 0.3 is 0 Å². The highest BCUT2D eigenvalue weighted by Gasteiger charge is 2.13. The Labute approximate surface area is 128 Å². The molecule has 0 heterocycles. The van der Waals surface area contributed by atoms with E-state index in [1.54, 1.807) is 13.4 Å². The second-order valence-electron chi connectivity index (χ2n) is 4.85. The highest BCUT2D eigenvalue weighted by atomic mass is 32.2. The van der Waals surface area contributed by atoms with Gasteiger partial charge in [-0.2, -0.15) is 0 Å². The van der Waals surface area contributed by atoms with Gasteiger partial charge in [-0.1, -0.05) is 42.5 Å². The van der Waals surface area contributed by atoms with Crippen LogP contribution in [0.15, 0.2) is 54.6 Å². The molecule has 112 valence electrons. The molecule has 21 heavy (non-hydrogen) atoms. The van der Waals surface area contributed by atoms with E-state index in [0.717, 1.165) is 5.75 Å². The molecule has 3 nitrogen and oxygen atoms in total. The van der Waals surface area contributed by atoms with Gasteiger partial charge in [0.15, 0.2) is 0 Å². The van der Waals surface area contributed by atoms with Crippen molar-refractivity contribution in [3.05, 3.63) is 65.7 Å². The van der Waals surface area contributed by atoms with E-state index < -0.39 is 10.8 Å². The van der Waals surface area contributed by atoms with E-state index >= 15 is 0 Å². The quantitative estimate of drug-likeness (QED) is 0.855. The molecule has 4 heteroatoms. The minimum Gasteiger partial charge on any atom is -0.497 e. The second kappa shape index (κ2) is 7.96. The van der Waals surface area contributed by atoms with E-state index in [1.807, 2.05) is 30.3 Å². The Kier molecular flexibility index (Phi) is 5.96. The van der Waals surface area contributed by atoms with Gasteiger partial charge in [-0.15, -0.1) is 0 Å². The molecule has 0 aromatic heterocycles. The van der Waals surface area contributed by atoms with Crippen LogP contribution in [0.25, 0.3) is 0 Å². The maximum absolute atomic E-state index is 11.2. The molecule has 0 fully saturated rings. The molecule has 0 bridgehead atoms. The van der Waals surface area contributed by atoms with Crippen molar-refractivity contribution in [2.75, 3.05) is 25.7 Å². The molecule has 2 aromatic rings. The fourth-order valence-electron chi connectivity index (χ4n) is 2.22. The molecule has 0 spiro atoms. The van der Waals surface area contributed by atoms with Crippen LogP contribution in [0.4, 0.5) is 0 Å². The number of hydrogen-bond acceptors (Lipinski definition) is 3. The summed E-state index contributed by atoms with van der Waals surface area (Å²) < 4.78 is 16.4. The maximum Gasteiger partial charge on any atom is 0.118 e. The third kappa shape index (κ3) is 4.69. The Morgan fingerprint density at radius 1 is 1.05 bits per heavy atom. The summed E-state index contributed by atoms with van der Waals surface area (Å²) in [4.78, 5) is 0. The molecule has 0 aliphatic carbocycles. The first-order valence-corrected chi connectivity index (χ1v) is 8.65. The molecule has 0 aliphatic rings. The number of nitrogens with one attached hydrogen (secondary N) is 1. The standard InChI is InChI=1S/C17H21NO2S/c1-20-16-10-8-15(9-11-16)17(18-12-13-21(2)19)14-6-4-3-5-7-14/h3-11,17-18H,12-13H2,1-2H3. The first-order valence-electron chi connectivity index (χ1n) is 6.93. The number of rotatable bonds is 7. The van der Waals surface area contributed by atoms with Crippen molar-refractivity contribution < 1.29 is 8.95 Å². The molecular weight excluding hydrogens is 282 g/mol. The summed E-state index contributed by atoms with van der Waals surface area (Å²) in [5, 5.41) is 3.49. The van der Waals surface area contributed by atoms with Crippen LogP contribution in [0, 0.1) is 0 Å². The van der Waals surface area contributed by atoms with E-state index in [4.69, 9.17) is 4.74 Å². The monoisotopic (exact) mass is 303 g/mol. The summed E-state index contributed by atoms with van der Waals surface area (Å²) in [5.41, 5.74) is 2.37. The molecule has 1 N–H and O–H groups in total. The second-order valence-corrected chi connectivity index (χ2v) is 6.40. The summed E-state index contributed by atoms with van der Waals surface area (Å²) in [5.74, 6) is 1.50. The Bertz CT molecular complexity index is 569. The SMILES string of the molecule is COc1ccc(C(NCCS(C)=O)c2ccccc2)cc1. The number of methoxy groups -OCH3 is 1. The average molecular weight is 303 g/mol. The molecule has 2 atom stereocenters. The van der Waals surface area contributed by atoms with E-state index in [1.165, 1.54) is 11.1 Å². The van der Waals surface area contributed by atoms with E-state index in [0.29, 0.717) is 12.3 Å². The van der Waals surface area contributed by atoms with E-state index in [9.17, 15) is 4.21 Å². The first-order chi connectivity index (χ1) is 10.2. The molecule has 2 aromatic carbocycles. The zero-order valence-corrected chi connectivity index (χ0v) is 13.2. The Morgan fingerprint density at radius 2 is 1.67 bits per heavy atom. The van der Waals surface area contributed by atoms with Crippen molar-refractivity contribution >= 4 is 10.8 Å². The van der Waals surface area contributed by atoms with Crippen molar-refractivity contribution in [2.45, 2.75) is 6.04 Å². The molecule has 2 rings (SSSR count). The van der Waals surface area contributed by atoms with Crippen molar-refractivity contribution in [3.63, 3.8) is 0 Å². The van der Waals surface area contributed by atoms with Crippen LogP contribution in [0.1, 0.15) is 17.2 Å². The number of ether oxygens (including phenoxy) is 1. The van der Waals surface area contributed by atoms with Gasteiger partial charge in [-0.3, -0.25) is 4.21 Å².